The summed E-state index contributed by atoms with van der Waals surface area (Å²) in [7, 11) is 1.68. The summed E-state index contributed by atoms with van der Waals surface area (Å²) in [6.45, 7) is 9.72. The van der Waals surface area contributed by atoms with Crippen LogP contribution in [0.2, 0.25) is 0 Å². The molecule has 0 saturated carbocycles. The van der Waals surface area contributed by atoms with E-state index < -0.39 is 23.6 Å². The number of imidazole rings is 1. The molecule has 3 amide bonds. The molecule has 1 aromatic heterocycles. The smallest absolute Gasteiger partial charge is 0.407 e. The van der Waals surface area contributed by atoms with E-state index in [0.717, 1.165) is 24.2 Å². The number of hydrogen-bond acceptors (Lipinski definition) is 7. The zero-order chi connectivity index (χ0) is 28.3. The van der Waals surface area contributed by atoms with Crippen molar-refractivity contribution in [3.8, 4) is 0 Å². The highest BCUT2D eigenvalue weighted by molar-refractivity contribution is 6.00. The highest BCUT2D eigenvalue weighted by atomic mass is 16.5. The lowest BCUT2D eigenvalue weighted by atomic mass is 10.1. The first-order valence-electron chi connectivity index (χ1n) is 13.4. The molecule has 2 aliphatic rings. The number of aryl methyl sites for hydroxylation is 1. The van der Waals surface area contributed by atoms with Crippen LogP contribution < -0.4 is 11.0 Å². The van der Waals surface area contributed by atoms with Crippen LogP contribution in [0.25, 0.3) is 11.0 Å². The topological polar surface area (TPSA) is 135 Å². The Kier molecular flexibility index (Phi) is 8.77. The number of carbonyl (C=O) groups excluding carboxylic acids is 2. The largest absolute Gasteiger partial charge is 0.465 e. The first-order valence-corrected chi connectivity index (χ1v) is 13.4. The Bertz CT molecular complexity index is 1280. The number of nitrogens with zero attached hydrogens (tertiary/aromatic N) is 4. The summed E-state index contributed by atoms with van der Waals surface area (Å²) in [6, 6.07) is 5.03. The van der Waals surface area contributed by atoms with Crippen molar-refractivity contribution in [2.45, 2.75) is 57.7 Å². The molecule has 0 aliphatic carbocycles. The predicted molar refractivity (Wildman–Crippen MR) is 144 cm³/mol. The van der Waals surface area contributed by atoms with E-state index in [1.54, 1.807) is 7.05 Å². The van der Waals surface area contributed by atoms with Gasteiger partial charge in [-0.1, -0.05) is 6.07 Å². The van der Waals surface area contributed by atoms with E-state index in [2.05, 4.69) is 10.2 Å². The van der Waals surface area contributed by atoms with Gasteiger partial charge in [-0.3, -0.25) is 28.9 Å². The maximum absolute atomic E-state index is 12.9. The standard InChI is InChI=1S/C27H39N5O7/c1-27(2,3)31(26(36)37)17-19-16-30(11-14-39-19)10-13-38-12-9-18-5-6-20-22(15-18)29(4)25(35)32(20)21-7-8-23(33)28-24(21)34/h5-6,15,19,21H,7-14,16-17H2,1-4H3,(H,36,37)(H,28,33,34)/t19-,21?/m0/s1. The Labute approximate surface area is 227 Å². The van der Waals surface area contributed by atoms with Crippen molar-refractivity contribution in [2.24, 2.45) is 7.05 Å². The summed E-state index contributed by atoms with van der Waals surface area (Å²) in [5.41, 5.74) is 1.62. The Morgan fingerprint density at radius 1 is 1.21 bits per heavy atom. The number of nitrogens with one attached hydrogen (secondary N) is 1. The van der Waals surface area contributed by atoms with Gasteiger partial charge in [0.1, 0.15) is 6.04 Å². The van der Waals surface area contributed by atoms with Crippen molar-refractivity contribution in [3.63, 3.8) is 0 Å². The second-order valence-corrected chi connectivity index (χ2v) is 11.2. The number of morpholine rings is 1. The Hall–Kier alpha value is -3.22. The van der Waals surface area contributed by atoms with Gasteiger partial charge in [-0.2, -0.15) is 0 Å². The molecule has 39 heavy (non-hydrogen) atoms. The van der Waals surface area contributed by atoms with Gasteiger partial charge in [0, 0.05) is 38.6 Å². The number of imide groups is 1. The molecule has 2 aliphatic heterocycles. The van der Waals surface area contributed by atoms with E-state index in [4.69, 9.17) is 9.47 Å². The minimum absolute atomic E-state index is 0.181. The Balaban J connectivity index is 1.28. The second kappa shape index (κ2) is 11.9. The van der Waals surface area contributed by atoms with Crippen LogP contribution in [-0.2, 0) is 32.5 Å². The van der Waals surface area contributed by atoms with Crippen LogP contribution in [0.5, 0.6) is 0 Å². The van der Waals surface area contributed by atoms with Gasteiger partial charge >= 0.3 is 11.8 Å². The maximum Gasteiger partial charge on any atom is 0.407 e. The third-order valence-corrected chi connectivity index (χ3v) is 7.41. The molecule has 2 aromatic rings. The quantitative estimate of drug-likeness (QED) is 0.356. The second-order valence-electron chi connectivity index (χ2n) is 11.2. The number of carbonyl (C=O) groups is 3. The average molecular weight is 546 g/mol. The third-order valence-electron chi connectivity index (χ3n) is 7.41. The van der Waals surface area contributed by atoms with Gasteiger partial charge in [0.25, 0.3) is 0 Å². The van der Waals surface area contributed by atoms with Crippen molar-refractivity contribution >= 4 is 28.9 Å². The maximum atomic E-state index is 12.9. The van der Waals surface area contributed by atoms with Crippen molar-refractivity contribution < 1.29 is 29.0 Å². The lowest BCUT2D eigenvalue weighted by molar-refractivity contribution is -0.135. The molecule has 0 radical (unpaired) electrons. The van der Waals surface area contributed by atoms with Crippen molar-refractivity contribution in [3.05, 3.63) is 34.2 Å². The zero-order valence-corrected chi connectivity index (χ0v) is 23.1. The molecule has 2 saturated heterocycles. The molecule has 1 unspecified atom stereocenters. The first-order chi connectivity index (χ1) is 18.5. The minimum Gasteiger partial charge on any atom is -0.465 e. The lowest BCUT2D eigenvalue weighted by Gasteiger charge is -2.39. The lowest BCUT2D eigenvalue weighted by Crippen LogP contribution is -2.53. The van der Waals surface area contributed by atoms with Crippen molar-refractivity contribution in [1.29, 1.82) is 0 Å². The molecular weight excluding hydrogens is 506 g/mol. The van der Waals surface area contributed by atoms with Gasteiger partial charge < -0.3 is 19.5 Å². The number of rotatable bonds is 9. The SMILES string of the molecule is Cn1c(=O)n(C2CCC(=O)NC2=O)c2ccc(CCOCCN3CCO[C@H](CN(C(=O)O)C(C)(C)C)C3)cc21. The van der Waals surface area contributed by atoms with E-state index >= 15 is 0 Å². The number of amides is 3. The molecule has 4 rings (SSSR count). The van der Waals surface area contributed by atoms with E-state index in [0.29, 0.717) is 51.3 Å². The fourth-order valence-corrected chi connectivity index (χ4v) is 5.22. The van der Waals surface area contributed by atoms with Gasteiger partial charge in [-0.25, -0.2) is 9.59 Å². The molecule has 12 nitrogen and oxygen atoms in total. The summed E-state index contributed by atoms with van der Waals surface area (Å²) in [5.74, 6) is -0.760. The normalized spacial score (nSPS) is 20.8. The monoisotopic (exact) mass is 545 g/mol. The Morgan fingerprint density at radius 2 is 1.97 bits per heavy atom. The van der Waals surface area contributed by atoms with Crippen LogP contribution >= 0.6 is 0 Å². The summed E-state index contributed by atoms with van der Waals surface area (Å²) < 4.78 is 14.7. The van der Waals surface area contributed by atoms with Gasteiger partial charge in [-0.05, 0) is 51.3 Å². The molecule has 12 heteroatoms. The van der Waals surface area contributed by atoms with Gasteiger partial charge in [0.15, 0.2) is 0 Å². The van der Waals surface area contributed by atoms with Crippen LogP contribution in [0.1, 0.15) is 45.2 Å². The fourth-order valence-electron chi connectivity index (χ4n) is 5.22. The first kappa shape index (κ1) is 28.8. The number of fused-ring (bicyclic) bond motifs is 1. The minimum atomic E-state index is -0.947. The molecule has 2 N–H and O–H groups in total. The van der Waals surface area contributed by atoms with Crippen LogP contribution in [0.4, 0.5) is 4.79 Å². The molecule has 0 bridgehead atoms. The zero-order valence-electron chi connectivity index (χ0n) is 23.1. The van der Waals surface area contributed by atoms with E-state index in [-0.39, 0.29) is 24.1 Å². The number of aromatic nitrogens is 2. The van der Waals surface area contributed by atoms with Gasteiger partial charge in [0.05, 0.1) is 43.5 Å². The molecule has 214 valence electrons. The Morgan fingerprint density at radius 3 is 2.67 bits per heavy atom. The fraction of sp³-hybridized carbons (Fsp3) is 0.630. The highest BCUT2D eigenvalue weighted by Crippen LogP contribution is 2.24. The molecule has 3 heterocycles. The summed E-state index contributed by atoms with van der Waals surface area (Å²) in [4.78, 5) is 52.1. The summed E-state index contributed by atoms with van der Waals surface area (Å²) in [5, 5.41) is 11.9. The summed E-state index contributed by atoms with van der Waals surface area (Å²) in [6.07, 6.45) is 0.0467. The number of hydrogen-bond donors (Lipinski definition) is 2. The van der Waals surface area contributed by atoms with Crippen LogP contribution in [0, 0.1) is 0 Å². The molecular formula is C27H39N5O7. The number of piperidine rings is 1. The van der Waals surface area contributed by atoms with Crippen LogP contribution in [0.15, 0.2) is 23.0 Å². The molecule has 2 atom stereocenters. The third kappa shape index (κ3) is 6.68. The van der Waals surface area contributed by atoms with Crippen LogP contribution in [-0.4, -0.2) is 99.6 Å². The average Bonchev–Trinajstić information content (AvgIpc) is 3.11. The van der Waals surface area contributed by atoms with E-state index in [1.807, 2.05) is 39.0 Å². The van der Waals surface area contributed by atoms with Crippen LogP contribution in [0.3, 0.4) is 0 Å². The highest BCUT2D eigenvalue weighted by Gasteiger charge is 2.32. The van der Waals surface area contributed by atoms with E-state index in [1.165, 1.54) is 14.0 Å². The van der Waals surface area contributed by atoms with Crippen molar-refractivity contribution in [2.75, 3.05) is 46.0 Å². The van der Waals surface area contributed by atoms with E-state index in [9.17, 15) is 24.3 Å². The van der Waals surface area contributed by atoms with Gasteiger partial charge in [0.2, 0.25) is 11.8 Å². The summed E-state index contributed by atoms with van der Waals surface area (Å²) >= 11 is 0. The number of ether oxygens (including phenoxy) is 2. The predicted octanol–water partition coefficient (Wildman–Crippen LogP) is 1.36. The number of benzene rings is 1. The molecule has 1 aromatic carbocycles. The molecule has 2 fully saturated rings. The molecule has 0 spiro atoms. The van der Waals surface area contributed by atoms with Gasteiger partial charge in [-0.15, -0.1) is 0 Å². The number of carboxylic acid groups (broad SMARTS) is 1. The van der Waals surface area contributed by atoms with Crippen molar-refractivity contribution in [1.82, 2.24) is 24.3 Å².